The van der Waals surface area contributed by atoms with Crippen LogP contribution < -0.4 is 10.2 Å². The molecule has 36 heavy (non-hydrogen) atoms. The molecule has 0 spiro atoms. The van der Waals surface area contributed by atoms with Crippen molar-refractivity contribution in [1.29, 1.82) is 0 Å². The molecule has 0 bridgehead atoms. The van der Waals surface area contributed by atoms with Crippen LogP contribution in [0.1, 0.15) is 65.0 Å². The number of benzene rings is 3. The predicted octanol–water partition coefficient (Wildman–Crippen LogP) is 7.07. The highest BCUT2D eigenvalue weighted by atomic mass is 35.5. The Morgan fingerprint density at radius 2 is 1.81 bits per heavy atom. The summed E-state index contributed by atoms with van der Waals surface area (Å²) in [4.78, 5) is 29.1. The Morgan fingerprint density at radius 1 is 1.00 bits per heavy atom. The fourth-order valence-corrected chi connectivity index (χ4v) is 4.88. The van der Waals surface area contributed by atoms with E-state index in [1.165, 1.54) is 0 Å². The maximum absolute atomic E-state index is 13.7. The first-order chi connectivity index (χ1) is 17.5. The van der Waals surface area contributed by atoms with Crippen LogP contribution in [0.25, 0.3) is 11.0 Å². The van der Waals surface area contributed by atoms with Crippen LogP contribution in [-0.2, 0) is 6.54 Å². The molecule has 0 saturated carbocycles. The van der Waals surface area contributed by atoms with E-state index < -0.39 is 6.04 Å². The summed E-state index contributed by atoms with van der Waals surface area (Å²) in [6, 6.07) is 20.0. The number of aryl methyl sites for hydroxylation is 1. The van der Waals surface area contributed by atoms with Gasteiger partial charge in [0.1, 0.15) is 11.3 Å². The van der Waals surface area contributed by atoms with Gasteiger partial charge in [-0.3, -0.25) is 9.59 Å². The summed E-state index contributed by atoms with van der Waals surface area (Å²) in [6.45, 7) is 5.14. The van der Waals surface area contributed by atoms with E-state index in [0.29, 0.717) is 40.5 Å². The summed E-state index contributed by atoms with van der Waals surface area (Å²) in [5.74, 6) is 0.494. The van der Waals surface area contributed by atoms with Gasteiger partial charge in [-0.2, -0.15) is 0 Å². The van der Waals surface area contributed by atoms with Crippen LogP contribution in [0.3, 0.4) is 0 Å². The third-order valence-corrected chi connectivity index (χ3v) is 6.83. The zero-order chi connectivity index (χ0) is 25.2. The number of carbonyl (C=O) groups is 1. The van der Waals surface area contributed by atoms with Crippen molar-refractivity contribution in [2.75, 3.05) is 6.61 Å². The molecule has 1 aliphatic heterocycles. The number of fused-ring (bicyclic) bond motifs is 2. The summed E-state index contributed by atoms with van der Waals surface area (Å²) in [7, 11) is 0. The number of ether oxygens (including phenoxy) is 1. The lowest BCUT2D eigenvalue weighted by Gasteiger charge is -2.25. The number of amides is 1. The molecular formula is C30H28ClNO4. The van der Waals surface area contributed by atoms with Gasteiger partial charge in [-0.15, -0.1) is 0 Å². The van der Waals surface area contributed by atoms with Crippen LogP contribution >= 0.6 is 11.6 Å². The van der Waals surface area contributed by atoms with Gasteiger partial charge < -0.3 is 14.1 Å². The second-order valence-electron chi connectivity index (χ2n) is 9.26. The Kier molecular flexibility index (Phi) is 6.84. The minimum absolute atomic E-state index is 0.0844. The molecule has 0 aliphatic carbocycles. The minimum Gasteiger partial charge on any atom is -0.494 e. The van der Waals surface area contributed by atoms with Crippen LogP contribution in [0, 0.1) is 6.92 Å². The Balaban J connectivity index is 1.61. The Hall–Kier alpha value is -3.57. The van der Waals surface area contributed by atoms with Gasteiger partial charge in [-0.25, -0.2) is 0 Å². The zero-order valence-corrected chi connectivity index (χ0v) is 21.2. The minimum atomic E-state index is -0.604. The predicted molar refractivity (Wildman–Crippen MR) is 142 cm³/mol. The van der Waals surface area contributed by atoms with E-state index in [4.69, 9.17) is 20.8 Å². The number of hydrogen-bond donors (Lipinski definition) is 0. The molecule has 3 aromatic carbocycles. The Morgan fingerprint density at radius 3 is 2.58 bits per heavy atom. The largest absolute Gasteiger partial charge is 0.494 e. The van der Waals surface area contributed by atoms with Gasteiger partial charge in [0.25, 0.3) is 5.91 Å². The van der Waals surface area contributed by atoms with Crippen molar-refractivity contribution in [3.05, 3.63) is 110 Å². The highest BCUT2D eigenvalue weighted by Crippen LogP contribution is 2.40. The highest BCUT2D eigenvalue weighted by molar-refractivity contribution is 6.31. The SMILES string of the molecule is CCCCCOc1cccc(C2c3c(oc4ccc(Cl)cc4c3=O)C(=O)N2Cc2ccc(C)cc2)c1. The molecule has 5 nitrogen and oxygen atoms in total. The first-order valence-electron chi connectivity index (χ1n) is 12.3. The van der Waals surface area contributed by atoms with Crippen molar-refractivity contribution in [3.63, 3.8) is 0 Å². The molecular weight excluding hydrogens is 474 g/mol. The third-order valence-electron chi connectivity index (χ3n) is 6.59. The number of carbonyl (C=O) groups excluding carboxylic acids is 1. The monoisotopic (exact) mass is 501 g/mol. The lowest BCUT2D eigenvalue weighted by Crippen LogP contribution is -2.29. The molecule has 0 N–H and O–H groups in total. The van der Waals surface area contributed by atoms with Crippen molar-refractivity contribution >= 4 is 28.5 Å². The quantitative estimate of drug-likeness (QED) is 0.242. The maximum Gasteiger partial charge on any atom is 0.291 e. The van der Waals surface area contributed by atoms with Crippen molar-refractivity contribution in [3.8, 4) is 5.75 Å². The average molecular weight is 502 g/mol. The van der Waals surface area contributed by atoms with Crippen LogP contribution in [-0.4, -0.2) is 17.4 Å². The van der Waals surface area contributed by atoms with E-state index in [9.17, 15) is 9.59 Å². The fourth-order valence-electron chi connectivity index (χ4n) is 4.71. The number of halogens is 1. The van der Waals surface area contributed by atoms with Crippen molar-refractivity contribution in [1.82, 2.24) is 4.90 Å². The molecule has 5 rings (SSSR count). The average Bonchev–Trinajstić information content (AvgIpc) is 3.15. The summed E-state index contributed by atoms with van der Waals surface area (Å²) >= 11 is 6.19. The van der Waals surface area contributed by atoms with Gasteiger partial charge in [-0.05, 0) is 54.8 Å². The topological polar surface area (TPSA) is 59.8 Å². The molecule has 0 radical (unpaired) electrons. The molecule has 1 amide bonds. The summed E-state index contributed by atoms with van der Waals surface area (Å²) in [5, 5.41) is 0.804. The molecule has 6 heteroatoms. The number of nitrogens with zero attached hydrogens (tertiary/aromatic N) is 1. The molecule has 1 unspecified atom stereocenters. The molecule has 1 atom stereocenters. The van der Waals surface area contributed by atoms with Gasteiger partial charge in [0, 0.05) is 11.6 Å². The van der Waals surface area contributed by atoms with E-state index in [1.807, 2.05) is 55.5 Å². The third kappa shape index (κ3) is 4.63. The fraction of sp³-hybridized carbons (Fsp3) is 0.267. The maximum atomic E-state index is 13.7. The highest BCUT2D eigenvalue weighted by Gasteiger charge is 2.42. The molecule has 1 aromatic heterocycles. The molecule has 4 aromatic rings. The number of rotatable bonds is 8. The molecule has 1 aliphatic rings. The zero-order valence-electron chi connectivity index (χ0n) is 20.4. The van der Waals surface area contributed by atoms with Crippen molar-refractivity contribution in [2.24, 2.45) is 0 Å². The molecule has 2 heterocycles. The second-order valence-corrected chi connectivity index (χ2v) is 9.70. The van der Waals surface area contributed by atoms with E-state index in [-0.39, 0.29) is 17.1 Å². The van der Waals surface area contributed by atoms with Crippen molar-refractivity contribution in [2.45, 2.75) is 45.7 Å². The first kappa shape index (κ1) is 24.1. The summed E-state index contributed by atoms with van der Waals surface area (Å²) in [6.07, 6.45) is 3.19. The Bertz CT molecular complexity index is 1480. The second kappa shape index (κ2) is 10.2. The number of hydrogen-bond acceptors (Lipinski definition) is 4. The normalized spacial score (nSPS) is 14.9. The molecule has 184 valence electrons. The van der Waals surface area contributed by atoms with Gasteiger partial charge in [0.2, 0.25) is 5.76 Å². The molecule has 0 fully saturated rings. The van der Waals surface area contributed by atoms with Gasteiger partial charge in [-0.1, -0.05) is 73.3 Å². The van der Waals surface area contributed by atoms with Crippen molar-refractivity contribution < 1.29 is 13.9 Å². The van der Waals surface area contributed by atoms with E-state index in [0.717, 1.165) is 36.0 Å². The smallest absolute Gasteiger partial charge is 0.291 e. The van der Waals surface area contributed by atoms with Crippen LogP contribution in [0.5, 0.6) is 5.75 Å². The van der Waals surface area contributed by atoms with Crippen LogP contribution in [0.15, 0.2) is 75.9 Å². The van der Waals surface area contributed by atoms with E-state index in [2.05, 4.69) is 6.92 Å². The van der Waals surface area contributed by atoms with Crippen LogP contribution in [0.4, 0.5) is 0 Å². The van der Waals surface area contributed by atoms with Gasteiger partial charge in [0.15, 0.2) is 5.43 Å². The lowest BCUT2D eigenvalue weighted by molar-refractivity contribution is 0.0714. The lowest BCUT2D eigenvalue weighted by atomic mass is 9.98. The summed E-state index contributed by atoms with van der Waals surface area (Å²) in [5.41, 5.74) is 3.35. The standard InChI is InChI=1S/C30H28ClNO4/c1-3-4-5-15-35-23-8-6-7-21(16-23)27-26-28(33)24-17-22(31)13-14-25(24)36-29(26)30(34)32(27)18-20-11-9-19(2)10-12-20/h6-14,16-17,27H,3-5,15,18H2,1-2H3. The van der Waals surface area contributed by atoms with Crippen LogP contribution in [0.2, 0.25) is 5.02 Å². The summed E-state index contributed by atoms with van der Waals surface area (Å²) < 4.78 is 12.0. The number of unbranched alkanes of at least 4 members (excludes halogenated alkanes) is 2. The van der Waals surface area contributed by atoms with Gasteiger partial charge >= 0.3 is 0 Å². The van der Waals surface area contributed by atoms with Gasteiger partial charge in [0.05, 0.1) is 23.6 Å². The Labute approximate surface area is 215 Å². The molecule has 0 saturated heterocycles. The first-order valence-corrected chi connectivity index (χ1v) is 12.7. The van der Waals surface area contributed by atoms with E-state index >= 15 is 0 Å². The van der Waals surface area contributed by atoms with E-state index in [1.54, 1.807) is 23.1 Å².